The Labute approximate surface area is 112 Å². The second kappa shape index (κ2) is 4.94. The lowest BCUT2D eigenvalue weighted by molar-refractivity contribution is -0.140. The number of nitrogens with one attached hydrogen (secondary N) is 1. The minimum absolute atomic E-state index is 0.0435. The fourth-order valence-electron chi connectivity index (χ4n) is 3.19. The predicted molar refractivity (Wildman–Crippen MR) is 67.9 cm³/mol. The van der Waals surface area contributed by atoms with Gasteiger partial charge in [-0.25, -0.2) is 0 Å². The minimum atomic E-state index is -0.104. The summed E-state index contributed by atoms with van der Waals surface area (Å²) < 4.78 is 0. The van der Waals surface area contributed by atoms with E-state index in [-0.39, 0.29) is 42.5 Å². The molecule has 0 radical (unpaired) electrons. The summed E-state index contributed by atoms with van der Waals surface area (Å²) in [5.41, 5.74) is 0. The average molecular weight is 264 g/mol. The molecule has 19 heavy (non-hydrogen) atoms. The van der Waals surface area contributed by atoms with Crippen molar-refractivity contribution in [1.82, 2.24) is 10.2 Å². The van der Waals surface area contributed by atoms with Crippen LogP contribution in [0.25, 0.3) is 0 Å². The molecule has 1 aliphatic heterocycles. The third kappa shape index (κ3) is 2.51. The summed E-state index contributed by atoms with van der Waals surface area (Å²) in [6.07, 6.45) is 6.09. The van der Waals surface area contributed by atoms with Gasteiger partial charge in [-0.2, -0.15) is 0 Å². The Kier molecular flexibility index (Phi) is 3.29. The van der Waals surface area contributed by atoms with E-state index in [0.717, 1.165) is 38.5 Å². The van der Waals surface area contributed by atoms with Crippen molar-refractivity contribution < 1.29 is 14.4 Å². The van der Waals surface area contributed by atoms with Crippen LogP contribution < -0.4 is 5.32 Å². The normalized spacial score (nSPS) is 30.4. The number of hydrogen-bond donors (Lipinski definition) is 1. The average Bonchev–Trinajstić information content (AvgIpc) is 3.18. The highest BCUT2D eigenvalue weighted by Gasteiger charge is 2.47. The Hall–Kier alpha value is -1.39. The van der Waals surface area contributed by atoms with Crippen LogP contribution in [0.1, 0.15) is 44.9 Å². The molecule has 2 unspecified atom stereocenters. The van der Waals surface area contributed by atoms with Crippen LogP contribution >= 0.6 is 0 Å². The van der Waals surface area contributed by atoms with Gasteiger partial charge >= 0.3 is 0 Å². The number of likely N-dealkylation sites (tertiary alicyclic amines) is 1. The molecule has 0 aromatic heterocycles. The van der Waals surface area contributed by atoms with E-state index in [9.17, 15) is 14.4 Å². The zero-order valence-electron chi connectivity index (χ0n) is 11.1. The lowest BCUT2D eigenvalue weighted by Crippen LogP contribution is -2.36. The van der Waals surface area contributed by atoms with E-state index in [1.165, 1.54) is 4.90 Å². The number of fused-ring (bicyclic) bond motifs is 1. The first kappa shape index (κ1) is 12.6. The monoisotopic (exact) mass is 264 g/mol. The first-order valence-corrected chi connectivity index (χ1v) is 7.31. The van der Waals surface area contributed by atoms with Gasteiger partial charge in [0, 0.05) is 19.0 Å². The maximum Gasteiger partial charge on any atom is 0.233 e. The Morgan fingerprint density at radius 1 is 1.05 bits per heavy atom. The Morgan fingerprint density at radius 2 is 1.63 bits per heavy atom. The maximum atomic E-state index is 12.2. The minimum Gasteiger partial charge on any atom is -0.353 e. The van der Waals surface area contributed by atoms with Crippen molar-refractivity contribution in [3.05, 3.63) is 0 Å². The van der Waals surface area contributed by atoms with Gasteiger partial charge in [-0.1, -0.05) is 12.8 Å². The van der Waals surface area contributed by atoms with Gasteiger partial charge in [0.1, 0.15) is 0 Å². The molecule has 2 saturated carbocycles. The Bertz CT molecular complexity index is 393. The van der Waals surface area contributed by atoms with Crippen LogP contribution in [0.5, 0.6) is 0 Å². The molecular weight excluding hydrogens is 244 g/mol. The molecule has 0 bridgehead atoms. The molecule has 3 rings (SSSR count). The predicted octanol–water partition coefficient (Wildman–Crippen LogP) is 0.830. The number of nitrogens with zero attached hydrogens (tertiary/aromatic N) is 1. The largest absolute Gasteiger partial charge is 0.353 e. The molecule has 0 aromatic carbocycles. The molecule has 1 N–H and O–H groups in total. The summed E-state index contributed by atoms with van der Waals surface area (Å²) in [5.74, 6) is -0.346. The van der Waals surface area contributed by atoms with Crippen LogP contribution in [0, 0.1) is 11.8 Å². The van der Waals surface area contributed by atoms with Gasteiger partial charge in [0.25, 0.3) is 0 Å². The quantitative estimate of drug-likeness (QED) is 0.765. The van der Waals surface area contributed by atoms with Crippen molar-refractivity contribution in [3.8, 4) is 0 Å². The topological polar surface area (TPSA) is 66.5 Å². The zero-order valence-corrected chi connectivity index (χ0v) is 11.1. The van der Waals surface area contributed by atoms with Crippen LogP contribution in [0.15, 0.2) is 0 Å². The highest BCUT2D eigenvalue weighted by Crippen LogP contribution is 2.37. The van der Waals surface area contributed by atoms with Crippen LogP contribution in [0.4, 0.5) is 0 Å². The summed E-state index contributed by atoms with van der Waals surface area (Å²) in [6.45, 7) is 0.253. The first-order valence-electron chi connectivity index (χ1n) is 7.31. The maximum absolute atomic E-state index is 12.2. The number of hydrogen-bond acceptors (Lipinski definition) is 3. The number of imide groups is 1. The van der Waals surface area contributed by atoms with Gasteiger partial charge in [0.05, 0.1) is 11.8 Å². The number of amides is 3. The third-order valence-electron chi connectivity index (χ3n) is 4.44. The highest BCUT2D eigenvalue weighted by molar-refractivity contribution is 6.05. The van der Waals surface area contributed by atoms with Crippen molar-refractivity contribution in [1.29, 1.82) is 0 Å². The summed E-state index contributed by atoms with van der Waals surface area (Å²) in [7, 11) is 0. The lowest BCUT2D eigenvalue weighted by Gasteiger charge is -2.19. The Morgan fingerprint density at radius 3 is 2.16 bits per heavy atom. The van der Waals surface area contributed by atoms with Gasteiger partial charge in [-0.15, -0.1) is 0 Å². The van der Waals surface area contributed by atoms with Crippen molar-refractivity contribution in [3.63, 3.8) is 0 Å². The Balaban J connectivity index is 1.56. The summed E-state index contributed by atoms with van der Waals surface area (Å²) in [4.78, 5) is 37.3. The molecule has 104 valence electrons. The van der Waals surface area contributed by atoms with Crippen molar-refractivity contribution >= 4 is 17.7 Å². The molecular formula is C14H20N2O3. The van der Waals surface area contributed by atoms with E-state index < -0.39 is 0 Å². The number of carbonyl (C=O) groups excluding carboxylic acids is 3. The molecule has 0 spiro atoms. The van der Waals surface area contributed by atoms with Crippen LogP contribution in [0.2, 0.25) is 0 Å². The van der Waals surface area contributed by atoms with Crippen molar-refractivity contribution in [2.45, 2.75) is 51.0 Å². The number of rotatable bonds is 4. The second-order valence-corrected chi connectivity index (χ2v) is 5.92. The molecule has 5 nitrogen and oxygen atoms in total. The molecule has 3 aliphatic rings. The van der Waals surface area contributed by atoms with Gasteiger partial charge in [-0.05, 0) is 25.7 Å². The van der Waals surface area contributed by atoms with E-state index in [1.807, 2.05) is 0 Å². The van der Waals surface area contributed by atoms with Gasteiger partial charge in [0.15, 0.2) is 0 Å². The molecule has 1 saturated heterocycles. The highest BCUT2D eigenvalue weighted by atomic mass is 16.2. The van der Waals surface area contributed by atoms with Gasteiger partial charge in [-0.3, -0.25) is 19.3 Å². The van der Waals surface area contributed by atoms with Gasteiger partial charge in [0.2, 0.25) is 17.7 Å². The van der Waals surface area contributed by atoms with Crippen LogP contribution in [-0.2, 0) is 14.4 Å². The van der Waals surface area contributed by atoms with Gasteiger partial charge < -0.3 is 5.32 Å². The fourth-order valence-corrected chi connectivity index (χ4v) is 3.19. The summed E-state index contributed by atoms with van der Waals surface area (Å²) >= 11 is 0. The molecule has 1 heterocycles. The number of carbonyl (C=O) groups is 3. The van der Waals surface area contributed by atoms with Crippen LogP contribution in [-0.4, -0.2) is 35.2 Å². The van der Waals surface area contributed by atoms with E-state index in [0.29, 0.717) is 6.04 Å². The SMILES string of the molecule is O=C(CCN1C(=O)C2CCCCC2C1=O)NC1CC1. The first-order chi connectivity index (χ1) is 9.16. The molecule has 3 amide bonds. The van der Waals surface area contributed by atoms with E-state index in [4.69, 9.17) is 0 Å². The summed E-state index contributed by atoms with van der Waals surface area (Å²) in [5, 5.41) is 2.88. The summed E-state index contributed by atoms with van der Waals surface area (Å²) in [6, 6.07) is 0.333. The van der Waals surface area contributed by atoms with E-state index in [2.05, 4.69) is 5.32 Å². The smallest absolute Gasteiger partial charge is 0.233 e. The lowest BCUT2D eigenvalue weighted by atomic mass is 9.81. The molecule has 2 aliphatic carbocycles. The zero-order chi connectivity index (χ0) is 13.4. The van der Waals surface area contributed by atoms with Crippen molar-refractivity contribution in [2.24, 2.45) is 11.8 Å². The third-order valence-corrected chi connectivity index (χ3v) is 4.44. The van der Waals surface area contributed by atoms with E-state index >= 15 is 0 Å². The van der Waals surface area contributed by atoms with E-state index in [1.54, 1.807) is 0 Å². The fraction of sp³-hybridized carbons (Fsp3) is 0.786. The molecule has 5 heteroatoms. The second-order valence-electron chi connectivity index (χ2n) is 5.92. The molecule has 3 fully saturated rings. The molecule has 0 aromatic rings. The van der Waals surface area contributed by atoms with Crippen molar-refractivity contribution in [2.75, 3.05) is 6.54 Å². The van der Waals surface area contributed by atoms with Crippen LogP contribution in [0.3, 0.4) is 0 Å². The molecule has 2 atom stereocenters. The standard InChI is InChI=1S/C14H20N2O3/c17-12(15-9-5-6-9)7-8-16-13(18)10-3-1-2-4-11(10)14(16)19/h9-11H,1-8H2,(H,15,17).